The van der Waals surface area contributed by atoms with E-state index in [-0.39, 0.29) is 12.3 Å². The van der Waals surface area contributed by atoms with Crippen molar-refractivity contribution in [1.82, 2.24) is 0 Å². The molecular weight excluding hydrogens is 373 g/mol. The van der Waals surface area contributed by atoms with E-state index in [4.69, 9.17) is 44.3 Å². The van der Waals surface area contributed by atoms with Gasteiger partial charge in [0.1, 0.15) is 11.5 Å². The molecule has 2 aromatic carbocycles. The van der Waals surface area contributed by atoms with Gasteiger partial charge < -0.3 is 14.8 Å². The van der Waals surface area contributed by atoms with Gasteiger partial charge in [0.05, 0.1) is 29.4 Å². The van der Waals surface area contributed by atoms with Crippen LogP contribution >= 0.6 is 34.8 Å². The Hall–Kier alpha value is -1.62. The lowest BCUT2D eigenvalue weighted by Gasteiger charge is -2.10. The van der Waals surface area contributed by atoms with Crippen molar-refractivity contribution in [1.29, 1.82) is 0 Å². The molecule has 0 aliphatic carbocycles. The molecule has 24 heavy (non-hydrogen) atoms. The molecule has 0 radical (unpaired) electrons. The predicted molar refractivity (Wildman–Crippen MR) is 97.8 cm³/mol. The van der Waals surface area contributed by atoms with Gasteiger partial charge in [-0.15, -0.1) is 0 Å². The molecule has 0 spiro atoms. The highest BCUT2D eigenvalue weighted by atomic mass is 35.5. The van der Waals surface area contributed by atoms with E-state index in [1.807, 2.05) is 24.3 Å². The molecule has 0 aliphatic rings. The lowest BCUT2D eigenvalue weighted by molar-refractivity contribution is -0.116. The maximum atomic E-state index is 12.0. The summed E-state index contributed by atoms with van der Waals surface area (Å²) in [6.45, 7) is 0.418. The molecule has 2 aromatic rings. The van der Waals surface area contributed by atoms with E-state index in [9.17, 15) is 4.79 Å². The predicted octanol–water partition coefficient (Wildman–Crippen LogP) is 5.45. The third-order valence-corrected chi connectivity index (χ3v) is 3.96. The molecular formula is C17H16Cl3NO3. The Morgan fingerprint density at radius 1 is 1.04 bits per heavy atom. The molecule has 0 aromatic heterocycles. The van der Waals surface area contributed by atoms with Crippen LogP contribution in [-0.4, -0.2) is 19.6 Å². The molecule has 2 rings (SSSR count). The Balaban J connectivity index is 1.77. The van der Waals surface area contributed by atoms with Gasteiger partial charge in [0, 0.05) is 11.4 Å². The average Bonchev–Trinajstić information content (AvgIpc) is 2.55. The number of hydrogen-bond donors (Lipinski definition) is 1. The summed E-state index contributed by atoms with van der Waals surface area (Å²) in [5, 5.41) is 3.70. The van der Waals surface area contributed by atoms with E-state index in [1.54, 1.807) is 7.11 Å². The fourth-order valence-electron chi connectivity index (χ4n) is 1.96. The first-order chi connectivity index (χ1) is 11.5. The molecule has 0 saturated carbocycles. The summed E-state index contributed by atoms with van der Waals surface area (Å²) >= 11 is 17.9. The van der Waals surface area contributed by atoms with E-state index in [0.717, 1.165) is 11.5 Å². The molecule has 0 fully saturated rings. The van der Waals surface area contributed by atoms with E-state index >= 15 is 0 Å². The molecule has 0 heterocycles. The zero-order chi connectivity index (χ0) is 17.5. The fraction of sp³-hybridized carbons (Fsp3) is 0.235. The summed E-state index contributed by atoms with van der Waals surface area (Å²) in [6.07, 6.45) is 0.839. The zero-order valence-electron chi connectivity index (χ0n) is 12.9. The number of anilines is 1. The lowest BCUT2D eigenvalue weighted by Crippen LogP contribution is -2.13. The molecule has 0 atom stereocenters. The SMILES string of the molecule is COc1ccc(OCCCC(=O)Nc2c(Cl)cc(Cl)cc2Cl)cc1. The average molecular weight is 389 g/mol. The fourth-order valence-corrected chi connectivity index (χ4v) is 2.87. The Morgan fingerprint density at radius 3 is 2.21 bits per heavy atom. The largest absolute Gasteiger partial charge is 0.497 e. The van der Waals surface area contributed by atoms with Gasteiger partial charge in [-0.25, -0.2) is 0 Å². The minimum Gasteiger partial charge on any atom is -0.497 e. The molecule has 0 aliphatic heterocycles. The molecule has 1 N–H and O–H groups in total. The first-order valence-corrected chi connectivity index (χ1v) is 8.34. The van der Waals surface area contributed by atoms with Crippen LogP contribution in [0.3, 0.4) is 0 Å². The summed E-state index contributed by atoms with van der Waals surface area (Å²) in [6, 6.07) is 10.3. The Bertz CT molecular complexity index is 682. The maximum absolute atomic E-state index is 12.0. The second kappa shape index (κ2) is 9.02. The van der Waals surface area contributed by atoms with Crippen LogP contribution in [0.15, 0.2) is 36.4 Å². The minimum absolute atomic E-state index is 0.195. The van der Waals surface area contributed by atoms with Crippen LogP contribution in [0.2, 0.25) is 15.1 Å². The van der Waals surface area contributed by atoms with Crippen molar-refractivity contribution < 1.29 is 14.3 Å². The van der Waals surface area contributed by atoms with Crippen LogP contribution < -0.4 is 14.8 Å². The van der Waals surface area contributed by atoms with Crippen molar-refractivity contribution >= 4 is 46.4 Å². The second-order valence-corrected chi connectivity index (χ2v) is 6.17. The summed E-state index contributed by atoms with van der Waals surface area (Å²) in [5.41, 5.74) is 0.365. The molecule has 1 amide bonds. The Labute approximate surface area is 155 Å². The molecule has 7 heteroatoms. The van der Waals surface area contributed by atoms with Gasteiger partial charge in [0.25, 0.3) is 0 Å². The topological polar surface area (TPSA) is 47.6 Å². The van der Waals surface area contributed by atoms with E-state index < -0.39 is 0 Å². The van der Waals surface area contributed by atoms with Gasteiger partial charge >= 0.3 is 0 Å². The summed E-state index contributed by atoms with van der Waals surface area (Å²) in [4.78, 5) is 12.0. The van der Waals surface area contributed by atoms with Crippen LogP contribution in [0.4, 0.5) is 5.69 Å². The maximum Gasteiger partial charge on any atom is 0.224 e. The summed E-state index contributed by atoms with van der Waals surface area (Å²) in [7, 11) is 1.60. The molecule has 4 nitrogen and oxygen atoms in total. The number of carbonyl (C=O) groups excluding carboxylic acids is 1. The van der Waals surface area contributed by atoms with Crippen molar-refractivity contribution in [3.05, 3.63) is 51.5 Å². The number of methoxy groups -OCH3 is 1. The first-order valence-electron chi connectivity index (χ1n) is 7.21. The number of carbonyl (C=O) groups is 1. The summed E-state index contributed by atoms with van der Waals surface area (Å²) in [5.74, 6) is 1.29. The van der Waals surface area contributed by atoms with Crippen LogP contribution in [0, 0.1) is 0 Å². The zero-order valence-corrected chi connectivity index (χ0v) is 15.2. The van der Waals surface area contributed by atoms with Gasteiger partial charge in [0.2, 0.25) is 5.91 Å². The number of hydrogen-bond acceptors (Lipinski definition) is 3. The number of rotatable bonds is 7. The molecule has 128 valence electrons. The number of amides is 1. The van der Waals surface area contributed by atoms with Crippen LogP contribution in [0.25, 0.3) is 0 Å². The van der Waals surface area contributed by atoms with E-state index in [0.29, 0.717) is 33.8 Å². The van der Waals surface area contributed by atoms with Crippen LogP contribution in [0.5, 0.6) is 11.5 Å². The number of benzene rings is 2. The first kappa shape index (κ1) is 18.7. The number of ether oxygens (including phenoxy) is 2. The van der Waals surface area contributed by atoms with Gasteiger partial charge in [-0.1, -0.05) is 34.8 Å². The molecule has 0 saturated heterocycles. The Morgan fingerprint density at radius 2 is 1.62 bits per heavy atom. The highest BCUT2D eigenvalue weighted by molar-refractivity contribution is 6.42. The number of halogens is 3. The highest BCUT2D eigenvalue weighted by Crippen LogP contribution is 2.33. The highest BCUT2D eigenvalue weighted by Gasteiger charge is 2.11. The van der Waals surface area contributed by atoms with Crippen molar-refractivity contribution in [3.63, 3.8) is 0 Å². The Kier molecular flexibility index (Phi) is 7.03. The minimum atomic E-state index is -0.195. The standard InChI is InChI=1S/C17H16Cl3NO3/c1-23-12-4-6-13(7-5-12)24-8-2-3-16(22)21-17-14(19)9-11(18)10-15(17)20/h4-7,9-10H,2-3,8H2,1H3,(H,21,22). The quantitative estimate of drug-likeness (QED) is 0.641. The van der Waals surface area contributed by atoms with Gasteiger partial charge in [-0.05, 0) is 42.8 Å². The van der Waals surface area contributed by atoms with Crippen molar-refractivity contribution in [2.75, 3.05) is 19.0 Å². The monoisotopic (exact) mass is 387 g/mol. The van der Waals surface area contributed by atoms with Crippen molar-refractivity contribution in [2.45, 2.75) is 12.8 Å². The van der Waals surface area contributed by atoms with Gasteiger partial charge in [0.15, 0.2) is 0 Å². The van der Waals surface area contributed by atoms with Crippen LogP contribution in [0.1, 0.15) is 12.8 Å². The normalized spacial score (nSPS) is 10.3. The second-order valence-electron chi connectivity index (χ2n) is 4.92. The van der Waals surface area contributed by atoms with Crippen LogP contribution in [-0.2, 0) is 4.79 Å². The molecule has 0 unspecified atom stereocenters. The van der Waals surface area contributed by atoms with Gasteiger partial charge in [-0.2, -0.15) is 0 Å². The summed E-state index contributed by atoms with van der Waals surface area (Å²) < 4.78 is 10.6. The van der Waals surface area contributed by atoms with Gasteiger partial charge in [-0.3, -0.25) is 4.79 Å². The third kappa shape index (κ3) is 5.48. The number of nitrogens with one attached hydrogen (secondary N) is 1. The lowest BCUT2D eigenvalue weighted by atomic mass is 10.2. The van der Waals surface area contributed by atoms with E-state index in [2.05, 4.69) is 5.32 Å². The van der Waals surface area contributed by atoms with Crippen molar-refractivity contribution in [2.24, 2.45) is 0 Å². The third-order valence-electron chi connectivity index (χ3n) is 3.15. The molecule has 0 bridgehead atoms. The van der Waals surface area contributed by atoms with E-state index in [1.165, 1.54) is 12.1 Å². The smallest absolute Gasteiger partial charge is 0.224 e. The van der Waals surface area contributed by atoms with Crippen molar-refractivity contribution in [3.8, 4) is 11.5 Å².